The molecule has 1 aliphatic rings. The van der Waals surface area contributed by atoms with Crippen molar-refractivity contribution in [2.45, 2.75) is 52.2 Å². The maximum absolute atomic E-state index is 12.3. The summed E-state index contributed by atoms with van der Waals surface area (Å²) in [5.74, 6) is 0. The molecule has 1 aliphatic heterocycles. The first-order valence-corrected chi connectivity index (χ1v) is 7.31. The van der Waals surface area contributed by atoms with Crippen LogP contribution in [-0.4, -0.2) is 29.2 Å². The highest BCUT2D eigenvalue weighted by atomic mass is 16.6. The second-order valence-corrected chi connectivity index (χ2v) is 7.26. The maximum Gasteiger partial charge on any atom is 0.410 e. The highest BCUT2D eigenvalue weighted by Gasteiger charge is 2.35. The Morgan fingerprint density at radius 2 is 2.05 bits per heavy atom. The minimum Gasteiger partial charge on any atom is -0.444 e. The number of benzene rings is 1. The summed E-state index contributed by atoms with van der Waals surface area (Å²) < 4.78 is 5.46. The monoisotopic (exact) mass is 302 g/mol. The van der Waals surface area contributed by atoms with E-state index in [9.17, 15) is 9.59 Å². The molecule has 1 heterocycles. The third-order valence-electron chi connectivity index (χ3n) is 3.59. The van der Waals surface area contributed by atoms with Crippen molar-refractivity contribution in [1.29, 1.82) is 0 Å². The molecule has 5 nitrogen and oxygen atoms in total. The quantitative estimate of drug-likeness (QED) is 0.587. The Kier molecular flexibility index (Phi) is 4.12. The van der Waals surface area contributed by atoms with Crippen molar-refractivity contribution in [3.8, 4) is 0 Å². The number of fused-ring (bicyclic) bond motifs is 1. The van der Waals surface area contributed by atoms with Crippen molar-refractivity contribution in [2.24, 2.45) is 4.99 Å². The van der Waals surface area contributed by atoms with Gasteiger partial charge < -0.3 is 9.64 Å². The van der Waals surface area contributed by atoms with Crippen LogP contribution in [0.1, 0.15) is 45.7 Å². The van der Waals surface area contributed by atoms with Crippen LogP contribution in [0.15, 0.2) is 23.2 Å². The number of carbonyl (C=O) groups excluding carboxylic acids is 2. The topological polar surface area (TPSA) is 59.0 Å². The standard InChI is InChI=1S/C17H22N2O3/c1-16(2,3)22-15(21)19-9-12-8-13(18-11-20)6-7-14(12)17(4,5)10-19/h6-8H,9-10H2,1-5H3. The highest BCUT2D eigenvalue weighted by molar-refractivity contribution is 5.69. The summed E-state index contributed by atoms with van der Waals surface area (Å²) in [7, 11) is 0. The molecule has 0 atom stereocenters. The van der Waals surface area contributed by atoms with Crippen molar-refractivity contribution < 1.29 is 14.3 Å². The van der Waals surface area contributed by atoms with Gasteiger partial charge in [-0.3, -0.25) is 0 Å². The van der Waals surface area contributed by atoms with Gasteiger partial charge in [0.05, 0.1) is 5.69 Å². The van der Waals surface area contributed by atoms with Crippen molar-refractivity contribution in [2.75, 3.05) is 6.54 Å². The van der Waals surface area contributed by atoms with Crippen LogP contribution < -0.4 is 0 Å². The SMILES string of the molecule is CC(C)(C)OC(=O)N1Cc2cc(N=C=O)ccc2C(C)(C)C1. The first-order chi connectivity index (χ1) is 10.1. The maximum atomic E-state index is 12.3. The Labute approximate surface area is 131 Å². The zero-order valence-corrected chi connectivity index (χ0v) is 13.8. The van der Waals surface area contributed by atoms with Crippen molar-refractivity contribution >= 4 is 17.9 Å². The van der Waals surface area contributed by atoms with E-state index >= 15 is 0 Å². The van der Waals surface area contributed by atoms with E-state index in [0.717, 1.165) is 11.1 Å². The molecule has 22 heavy (non-hydrogen) atoms. The minimum absolute atomic E-state index is 0.187. The molecule has 0 radical (unpaired) electrons. The van der Waals surface area contributed by atoms with Crippen molar-refractivity contribution in [1.82, 2.24) is 4.90 Å². The Bertz CT molecular complexity index is 638. The summed E-state index contributed by atoms with van der Waals surface area (Å²) in [6.45, 7) is 10.8. The number of hydrogen-bond donors (Lipinski definition) is 0. The van der Waals surface area contributed by atoms with Crippen molar-refractivity contribution in [3.63, 3.8) is 0 Å². The molecule has 0 bridgehead atoms. The second-order valence-electron chi connectivity index (χ2n) is 7.26. The normalized spacial score (nSPS) is 16.5. The number of aliphatic imine (C=N–C) groups is 1. The van der Waals surface area contributed by atoms with Gasteiger partial charge >= 0.3 is 6.09 Å². The fourth-order valence-corrected chi connectivity index (χ4v) is 2.77. The van der Waals surface area contributed by atoms with Crippen LogP contribution in [0, 0.1) is 0 Å². The van der Waals surface area contributed by atoms with Gasteiger partial charge in [-0.1, -0.05) is 19.9 Å². The number of isocyanates is 1. The molecule has 0 fully saturated rings. The summed E-state index contributed by atoms with van der Waals surface area (Å²) in [4.78, 5) is 28.1. The summed E-state index contributed by atoms with van der Waals surface area (Å²) >= 11 is 0. The van der Waals surface area contributed by atoms with Crippen LogP contribution in [0.25, 0.3) is 0 Å². The minimum atomic E-state index is -0.523. The molecule has 0 N–H and O–H groups in total. The number of ether oxygens (including phenoxy) is 1. The smallest absolute Gasteiger partial charge is 0.410 e. The molecule has 1 amide bonds. The van der Waals surface area contributed by atoms with Crippen LogP contribution in [0.4, 0.5) is 10.5 Å². The van der Waals surface area contributed by atoms with Crippen molar-refractivity contribution in [3.05, 3.63) is 29.3 Å². The molecular weight excluding hydrogens is 280 g/mol. The summed E-state index contributed by atoms with van der Waals surface area (Å²) in [6, 6.07) is 5.60. The molecular formula is C17H22N2O3. The summed E-state index contributed by atoms with van der Waals surface area (Å²) in [5, 5.41) is 0. The average Bonchev–Trinajstić information content (AvgIpc) is 2.35. The van der Waals surface area contributed by atoms with Crippen LogP contribution in [0.3, 0.4) is 0 Å². The van der Waals surface area contributed by atoms with Gasteiger partial charge in [-0.25, -0.2) is 9.59 Å². The van der Waals surface area contributed by atoms with Gasteiger partial charge in [0.15, 0.2) is 0 Å². The Morgan fingerprint density at radius 3 is 2.64 bits per heavy atom. The summed E-state index contributed by atoms with van der Waals surface area (Å²) in [5.41, 5.74) is 1.99. The van der Waals surface area contributed by atoms with E-state index in [-0.39, 0.29) is 11.5 Å². The molecule has 0 aromatic heterocycles. The molecule has 1 aromatic carbocycles. The van der Waals surface area contributed by atoms with E-state index in [2.05, 4.69) is 18.8 Å². The number of amides is 1. The molecule has 0 spiro atoms. The van der Waals surface area contributed by atoms with Gasteiger partial charge in [-0.05, 0) is 44.0 Å². The molecule has 118 valence electrons. The first kappa shape index (κ1) is 16.2. The highest BCUT2D eigenvalue weighted by Crippen LogP contribution is 2.35. The number of hydrogen-bond acceptors (Lipinski definition) is 4. The van der Waals surface area contributed by atoms with E-state index in [1.807, 2.05) is 32.9 Å². The van der Waals surface area contributed by atoms with Gasteiger partial charge in [-0.2, -0.15) is 4.99 Å². The van der Waals surface area contributed by atoms with Gasteiger partial charge in [0.1, 0.15) is 5.60 Å². The lowest BCUT2D eigenvalue weighted by atomic mass is 9.78. The van der Waals surface area contributed by atoms with Crippen LogP contribution in [0.2, 0.25) is 0 Å². The van der Waals surface area contributed by atoms with Crippen LogP contribution in [-0.2, 0) is 21.5 Å². The van der Waals surface area contributed by atoms with Gasteiger partial charge in [0, 0.05) is 18.5 Å². The number of nitrogens with zero attached hydrogens (tertiary/aromatic N) is 2. The zero-order chi connectivity index (χ0) is 16.5. The van der Waals surface area contributed by atoms with Gasteiger partial charge in [0.2, 0.25) is 6.08 Å². The Balaban J connectivity index is 2.33. The lowest BCUT2D eigenvalue weighted by Crippen LogP contribution is -2.46. The number of carbonyl (C=O) groups is 1. The van der Waals surface area contributed by atoms with Gasteiger partial charge in [-0.15, -0.1) is 0 Å². The molecule has 1 aromatic rings. The lowest BCUT2D eigenvalue weighted by molar-refractivity contribution is 0.0174. The average molecular weight is 302 g/mol. The third kappa shape index (κ3) is 3.55. The molecule has 0 unspecified atom stereocenters. The van der Waals surface area contributed by atoms with E-state index in [1.165, 1.54) is 0 Å². The number of rotatable bonds is 1. The Morgan fingerprint density at radius 1 is 1.36 bits per heavy atom. The van der Waals surface area contributed by atoms with Gasteiger partial charge in [0.25, 0.3) is 0 Å². The largest absolute Gasteiger partial charge is 0.444 e. The van der Waals surface area contributed by atoms with E-state index in [1.54, 1.807) is 17.0 Å². The van der Waals surface area contributed by atoms with Crippen LogP contribution >= 0.6 is 0 Å². The molecule has 0 saturated carbocycles. The molecule has 2 rings (SSSR count). The third-order valence-corrected chi connectivity index (χ3v) is 3.59. The van der Waals surface area contributed by atoms with E-state index in [4.69, 9.17) is 4.74 Å². The lowest BCUT2D eigenvalue weighted by Gasteiger charge is -2.40. The fourth-order valence-electron chi connectivity index (χ4n) is 2.77. The molecule has 0 saturated heterocycles. The first-order valence-electron chi connectivity index (χ1n) is 7.31. The van der Waals surface area contributed by atoms with Crippen LogP contribution in [0.5, 0.6) is 0 Å². The second kappa shape index (κ2) is 5.58. The predicted molar refractivity (Wildman–Crippen MR) is 83.9 cm³/mol. The summed E-state index contributed by atoms with van der Waals surface area (Å²) in [6.07, 6.45) is 1.22. The molecule has 0 aliphatic carbocycles. The van der Waals surface area contributed by atoms with E-state index in [0.29, 0.717) is 18.8 Å². The Hall–Kier alpha value is -2.13. The van der Waals surface area contributed by atoms with E-state index < -0.39 is 5.60 Å². The molecule has 5 heteroatoms. The predicted octanol–water partition coefficient (Wildman–Crippen LogP) is 3.68. The zero-order valence-electron chi connectivity index (χ0n) is 13.8. The fraction of sp³-hybridized carbons (Fsp3) is 0.529.